The van der Waals surface area contributed by atoms with Crippen LogP contribution in [0.15, 0.2) is 108 Å². The fourth-order valence-electron chi connectivity index (χ4n) is 4.84. The molecule has 4 aromatic carbocycles. The summed E-state index contributed by atoms with van der Waals surface area (Å²) in [5, 5.41) is 3.44. The lowest BCUT2D eigenvalue weighted by Crippen LogP contribution is -2.54. The van der Waals surface area contributed by atoms with Crippen LogP contribution in [0.3, 0.4) is 0 Å². The number of carbonyl (C=O) groups excluding carboxylic acids is 2. The number of benzene rings is 4. The number of carbonyl (C=O) groups is 2. The Balaban J connectivity index is 1.80. The fourth-order valence-corrected chi connectivity index (χ4v) is 6.47. The van der Waals surface area contributed by atoms with Crippen molar-refractivity contribution >= 4 is 39.1 Å². The molecule has 0 fully saturated rings. The van der Waals surface area contributed by atoms with E-state index in [2.05, 4.69) is 5.32 Å². The summed E-state index contributed by atoms with van der Waals surface area (Å²) in [4.78, 5) is 29.6. The van der Waals surface area contributed by atoms with Crippen molar-refractivity contribution in [3.8, 4) is 5.75 Å². The van der Waals surface area contributed by atoms with Crippen molar-refractivity contribution in [2.45, 2.75) is 50.2 Å². The molecule has 0 aliphatic carbocycles. The number of halogens is 2. The summed E-state index contributed by atoms with van der Waals surface area (Å²) in [6.45, 7) is 3.13. The standard InChI is InChI=1S/C35H37ClFN3O5S/c1-4-25(2)38-35(42)33(22-26-9-6-5-7-10-26)39(23-27-11-8-12-28(36)21-27)34(41)24-40(30-15-13-29(37)14-16-30)46(43,44)32-19-17-31(45-3)18-20-32/h5-21,25,33H,4,22-24H2,1-3H3,(H,38,42)/t25-,33+/m0/s1. The first-order valence-electron chi connectivity index (χ1n) is 14.8. The summed E-state index contributed by atoms with van der Waals surface area (Å²) < 4.78 is 48.2. The van der Waals surface area contributed by atoms with Gasteiger partial charge in [-0.25, -0.2) is 12.8 Å². The second kappa shape index (κ2) is 15.7. The summed E-state index contributed by atoms with van der Waals surface area (Å²) in [5.41, 5.74) is 1.55. The van der Waals surface area contributed by atoms with E-state index in [9.17, 15) is 22.4 Å². The van der Waals surface area contributed by atoms with Gasteiger partial charge in [-0.3, -0.25) is 13.9 Å². The van der Waals surface area contributed by atoms with Gasteiger partial charge in [0.15, 0.2) is 0 Å². The maximum Gasteiger partial charge on any atom is 0.264 e. The molecular weight excluding hydrogens is 629 g/mol. The van der Waals surface area contributed by atoms with Crippen LogP contribution < -0.4 is 14.4 Å². The van der Waals surface area contributed by atoms with E-state index in [4.69, 9.17) is 16.3 Å². The zero-order valence-corrected chi connectivity index (χ0v) is 27.5. The minimum Gasteiger partial charge on any atom is -0.497 e. The molecule has 4 rings (SSSR count). The number of amides is 2. The number of hydrogen-bond acceptors (Lipinski definition) is 5. The molecular formula is C35H37ClFN3O5S. The van der Waals surface area contributed by atoms with E-state index in [1.165, 1.54) is 48.4 Å². The second-order valence-corrected chi connectivity index (χ2v) is 13.1. The van der Waals surface area contributed by atoms with E-state index < -0.39 is 34.3 Å². The first kappa shape index (κ1) is 34.5. The van der Waals surface area contributed by atoms with Gasteiger partial charge in [0.2, 0.25) is 11.8 Å². The van der Waals surface area contributed by atoms with E-state index in [1.807, 2.05) is 44.2 Å². The van der Waals surface area contributed by atoms with Crippen LogP contribution in [0.5, 0.6) is 5.75 Å². The minimum absolute atomic E-state index is 0.0232. The number of methoxy groups -OCH3 is 1. The molecule has 1 N–H and O–H groups in total. The predicted molar refractivity (Wildman–Crippen MR) is 178 cm³/mol. The maximum atomic E-state index is 14.5. The summed E-state index contributed by atoms with van der Waals surface area (Å²) in [7, 11) is -2.88. The first-order valence-corrected chi connectivity index (χ1v) is 16.6. The molecule has 0 aromatic heterocycles. The molecule has 0 radical (unpaired) electrons. The fraction of sp³-hybridized carbons (Fsp3) is 0.257. The summed E-state index contributed by atoms with van der Waals surface area (Å²) in [5.74, 6) is -1.13. The van der Waals surface area contributed by atoms with E-state index in [0.29, 0.717) is 22.8 Å². The Morgan fingerprint density at radius 1 is 0.913 bits per heavy atom. The van der Waals surface area contributed by atoms with Crippen LogP contribution in [0.4, 0.5) is 10.1 Å². The second-order valence-electron chi connectivity index (χ2n) is 10.8. The summed E-state index contributed by atoms with van der Waals surface area (Å²) in [6, 6.07) is 25.6. The predicted octanol–water partition coefficient (Wildman–Crippen LogP) is 6.24. The molecule has 0 aliphatic rings. The number of nitrogens with one attached hydrogen (secondary N) is 1. The Hall–Kier alpha value is -4.41. The molecule has 8 nitrogen and oxygen atoms in total. The lowest BCUT2D eigenvalue weighted by Gasteiger charge is -2.34. The molecule has 4 aromatic rings. The van der Waals surface area contributed by atoms with Crippen molar-refractivity contribution in [1.29, 1.82) is 0 Å². The molecule has 2 atom stereocenters. The topological polar surface area (TPSA) is 96.0 Å². The summed E-state index contributed by atoms with van der Waals surface area (Å²) >= 11 is 6.28. The Labute approximate surface area is 274 Å². The van der Waals surface area contributed by atoms with Crippen LogP contribution in [0.1, 0.15) is 31.4 Å². The van der Waals surface area contributed by atoms with Gasteiger partial charge >= 0.3 is 0 Å². The van der Waals surface area contributed by atoms with E-state index in [1.54, 1.807) is 24.3 Å². The molecule has 0 saturated heterocycles. The number of ether oxygens (including phenoxy) is 1. The number of nitrogens with zero attached hydrogens (tertiary/aromatic N) is 2. The van der Waals surface area contributed by atoms with Gasteiger partial charge in [-0.05, 0) is 85.1 Å². The molecule has 0 heterocycles. The van der Waals surface area contributed by atoms with E-state index in [0.717, 1.165) is 22.0 Å². The van der Waals surface area contributed by atoms with Crippen molar-refractivity contribution in [2.24, 2.45) is 0 Å². The lowest BCUT2D eigenvalue weighted by molar-refractivity contribution is -0.140. The highest BCUT2D eigenvalue weighted by molar-refractivity contribution is 7.92. The number of hydrogen-bond donors (Lipinski definition) is 1. The van der Waals surface area contributed by atoms with E-state index >= 15 is 0 Å². The van der Waals surface area contributed by atoms with Crippen molar-refractivity contribution < 1.29 is 27.1 Å². The molecule has 0 spiro atoms. The third-order valence-electron chi connectivity index (χ3n) is 7.55. The Morgan fingerprint density at radius 3 is 2.17 bits per heavy atom. The summed E-state index contributed by atoms with van der Waals surface area (Å²) in [6.07, 6.45) is 0.849. The molecule has 0 aliphatic heterocycles. The quantitative estimate of drug-likeness (QED) is 0.172. The van der Waals surface area contributed by atoms with E-state index in [-0.39, 0.29) is 35.5 Å². The highest BCUT2D eigenvalue weighted by atomic mass is 35.5. The normalized spacial score (nSPS) is 12.5. The average molecular weight is 666 g/mol. The molecule has 46 heavy (non-hydrogen) atoms. The SMILES string of the molecule is CC[C@H](C)NC(=O)[C@@H](Cc1ccccc1)N(Cc1cccc(Cl)c1)C(=O)CN(c1ccc(F)cc1)S(=O)(=O)c1ccc(OC)cc1. The average Bonchev–Trinajstić information content (AvgIpc) is 3.06. The van der Waals surface area contributed by atoms with Gasteiger partial charge < -0.3 is 15.0 Å². The van der Waals surface area contributed by atoms with Gasteiger partial charge in [-0.1, -0.05) is 61.0 Å². The molecule has 11 heteroatoms. The minimum atomic E-state index is -4.34. The third kappa shape index (κ3) is 8.86. The molecule has 242 valence electrons. The van der Waals surface area contributed by atoms with Crippen LogP contribution in [-0.2, 0) is 32.6 Å². The number of anilines is 1. The number of rotatable bonds is 14. The highest BCUT2D eigenvalue weighted by Gasteiger charge is 2.35. The van der Waals surface area contributed by atoms with Crippen LogP contribution in [0, 0.1) is 5.82 Å². The smallest absolute Gasteiger partial charge is 0.264 e. The van der Waals surface area contributed by atoms with Crippen LogP contribution in [0.25, 0.3) is 0 Å². The molecule has 0 saturated carbocycles. The Kier molecular flexibility index (Phi) is 11.8. The van der Waals surface area contributed by atoms with Gasteiger partial charge in [0.1, 0.15) is 24.2 Å². The van der Waals surface area contributed by atoms with Crippen LogP contribution in [0.2, 0.25) is 5.02 Å². The zero-order chi connectivity index (χ0) is 33.3. The molecule has 2 amide bonds. The zero-order valence-electron chi connectivity index (χ0n) is 25.9. The monoisotopic (exact) mass is 665 g/mol. The molecule has 0 bridgehead atoms. The highest BCUT2D eigenvalue weighted by Crippen LogP contribution is 2.27. The van der Waals surface area contributed by atoms with Gasteiger partial charge in [0.05, 0.1) is 17.7 Å². The van der Waals surface area contributed by atoms with Gasteiger partial charge in [-0.15, -0.1) is 0 Å². The first-order chi connectivity index (χ1) is 22.0. The Morgan fingerprint density at radius 2 is 1.57 bits per heavy atom. The Bertz CT molecular complexity index is 1720. The van der Waals surface area contributed by atoms with Crippen LogP contribution in [-0.4, -0.2) is 50.9 Å². The number of sulfonamides is 1. The van der Waals surface area contributed by atoms with Crippen molar-refractivity contribution in [2.75, 3.05) is 18.0 Å². The molecule has 0 unspecified atom stereocenters. The van der Waals surface area contributed by atoms with Crippen LogP contribution >= 0.6 is 11.6 Å². The van der Waals surface area contributed by atoms with Crippen molar-refractivity contribution in [3.63, 3.8) is 0 Å². The van der Waals surface area contributed by atoms with Crippen molar-refractivity contribution in [3.05, 3.63) is 125 Å². The maximum absolute atomic E-state index is 14.5. The van der Waals surface area contributed by atoms with Crippen molar-refractivity contribution in [1.82, 2.24) is 10.2 Å². The van der Waals surface area contributed by atoms with Gasteiger partial charge in [0.25, 0.3) is 10.0 Å². The largest absolute Gasteiger partial charge is 0.497 e. The van der Waals surface area contributed by atoms with Gasteiger partial charge in [0, 0.05) is 24.0 Å². The van der Waals surface area contributed by atoms with Gasteiger partial charge in [-0.2, -0.15) is 0 Å². The third-order valence-corrected chi connectivity index (χ3v) is 9.58. The lowest BCUT2D eigenvalue weighted by atomic mass is 10.0.